The van der Waals surface area contributed by atoms with Gasteiger partial charge in [-0.1, -0.05) is 0 Å². The van der Waals surface area contributed by atoms with Crippen molar-refractivity contribution in [1.29, 1.82) is 0 Å². The molecule has 0 heterocycles. The maximum absolute atomic E-state index is 10.4. The van der Waals surface area contributed by atoms with E-state index in [-0.39, 0.29) is 6.15 Å². The van der Waals surface area contributed by atoms with Gasteiger partial charge in [-0.2, -0.15) is 0 Å². The first kappa shape index (κ1) is 50.6. The summed E-state index contributed by atoms with van der Waals surface area (Å²) in [6, 6.07) is 0. The van der Waals surface area contributed by atoms with Gasteiger partial charge in [0.2, 0.25) is 0 Å². The Labute approximate surface area is 199 Å². The third kappa shape index (κ3) is 4050. The molecule has 0 unspecified atom stereocenters. The topological polar surface area (TPSA) is 380 Å². The zero-order valence-corrected chi connectivity index (χ0v) is 28.8. The second-order valence-electron chi connectivity index (χ2n) is 2.84. The van der Waals surface area contributed by atoms with E-state index in [0.29, 0.717) is 0 Å². The summed E-state index contributed by atoms with van der Waals surface area (Å²) >= 11 is -35.1. The number of rotatable bonds is 0. The molecule has 15 N–H and O–H groups in total. The quantitative estimate of drug-likeness (QED) is 0.0792. The SMILES string of the molecule is N.[O]=[Sb]([OH])([OH])[F].[O]=[Sb]([OH])([OH])[F].[O]=[Sb]([OH])([OH])[F].[O]=[Sb]([OH])([OH])[F].[O]=[Sb]([OH])([OH])[F].[O]=[Sb]([OH])([OH])[F]. The van der Waals surface area contributed by atoms with E-state index in [1.807, 2.05) is 0 Å². The van der Waals surface area contributed by atoms with Crippen molar-refractivity contribution in [2.75, 3.05) is 0 Å². The fourth-order valence-electron chi connectivity index (χ4n) is 0. The van der Waals surface area contributed by atoms with E-state index in [4.69, 9.17) is 58.7 Å². The molecule has 0 aromatic carbocycles. The second kappa shape index (κ2) is 22.0. The van der Waals surface area contributed by atoms with Crippen LogP contribution in [0.3, 0.4) is 0 Å². The maximum atomic E-state index is 10.4. The van der Waals surface area contributed by atoms with E-state index in [2.05, 4.69) is 0 Å². The third-order valence-corrected chi connectivity index (χ3v) is 0. The van der Waals surface area contributed by atoms with Crippen molar-refractivity contribution >= 4 is 121 Å². The van der Waals surface area contributed by atoms with Crippen molar-refractivity contribution in [3.05, 3.63) is 0 Å². The standard InChI is InChI=1S/6FH.H3N.12H2O.6O.6Sb/h6*1H;1H3;12*1H2;;;;;;;;;;;;/q;;;;;;;;;;;;;;;;;;;;;;;;;6*+3/p-18. The minimum atomic E-state index is -5.85. The van der Waals surface area contributed by atoms with Crippen LogP contribution >= 0.6 is 0 Å². The van der Waals surface area contributed by atoms with Gasteiger partial charge in [0.25, 0.3) is 0 Å². The summed E-state index contributed by atoms with van der Waals surface area (Å²) in [6.07, 6.45) is 0. The summed E-state index contributed by atoms with van der Waals surface area (Å²) in [7, 11) is 0. The van der Waals surface area contributed by atoms with Crippen LogP contribution < -0.4 is 6.15 Å². The van der Waals surface area contributed by atoms with Gasteiger partial charge in [-0.25, -0.2) is 0 Å². The molecule has 0 aliphatic rings. The van der Waals surface area contributed by atoms with Gasteiger partial charge in [0.1, 0.15) is 0 Å². The Bertz CT molecular complexity index is 480. The predicted molar refractivity (Wildman–Crippen MR) is 76.9 cm³/mol. The Morgan fingerprint density at radius 2 is 0.290 bits per heavy atom. The van der Waals surface area contributed by atoms with Crippen molar-refractivity contribution in [2.45, 2.75) is 0 Å². The van der Waals surface area contributed by atoms with Crippen molar-refractivity contribution in [3.8, 4) is 0 Å². The van der Waals surface area contributed by atoms with Crippen LogP contribution in [-0.4, -0.2) is 162 Å². The summed E-state index contributed by atoms with van der Waals surface area (Å²) in [4.78, 5) is 0. The molecular formula is H15F6NO18Sb6. The molecule has 0 aromatic heterocycles. The number of hydrogen-bond acceptors (Lipinski definition) is 7. The zero-order valence-electron chi connectivity index (χ0n) is 13.5. The summed E-state index contributed by atoms with van der Waals surface area (Å²) < 4.78 is 200. The molecule has 0 spiro atoms. The van der Waals surface area contributed by atoms with E-state index in [9.17, 15) is 16.9 Å². The molecule has 0 rings (SSSR count). The molecule has 200 valence electrons. The second-order valence-corrected chi connectivity index (χ2v) is 19.0. The Hall–Kier alpha value is 2.77. The molecule has 0 radical (unpaired) electrons. The van der Waals surface area contributed by atoms with E-state index < -0.39 is 121 Å². The monoisotopic (exact) mass is 1160 g/mol. The van der Waals surface area contributed by atoms with E-state index in [1.54, 1.807) is 0 Å². The molecule has 31 heavy (non-hydrogen) atoms. The molecule has 0 fully saturated rings. The number of hydrogen-bond donors (Lipinski definition) is 13. The third-order valence-electron chi connectivity index (χ3n) is 0. The van der Waals surface area contributed by atoms with Gasteiger partial charge < -0.3 is 6.15 Å². The molecule has 0 bridgehead atoms. The van der Waals surface area contributed by atoms with Crippen molar-refractivity contribution < 1.29 is 75.6 Å². The Balaban J connectivity index is -0.0000000443. The Morgan fingerprint density at radius 3 is 0.290 bits per heavy atom. The van der Waals surface area contributed by atoms with Crippen LogP contribution in [0.2, 0.25) is 0 Å². The molecule has 0 saturated carbocycles. The van der Waals surface area contributed by atoms with Crippen LogP contribution in [-0.2, 0) is 18.1 Å². The van der Waals surface area contributed by atoms with Gasteiger partial charge in [0.05, 0.1) is 0 Å². The van der Waals surface area contributed by atoms with E-state index in [1.165, 1.54) is 0 Å². The van der Waals surface area contributed by atoms with Crippen LogP contribution in [0.4, 0.5) is 16.9 Å². The van der Waals surface area contributed by atoms with Gasteiger partial charge in [-0.05, 0) is 0 Å². The van der Waals surface area contributed by atoms with Crippen LogP contribution in [0.1, 0.15) is 0 Å². The van der Waals surface area contributed by atoms with E-state index >= 15 is 0 Å². The minimum absolute atomic E-state index is 0. The molecule has 0 aromatic rings. The first-order valence-corrected chi connectivity index (χ1v) is 30.3. The van der Waals surface area contributed by atoms with Gasteiger partial charge in [-0.3, -0.25) is 0 Å². The molecule has 0 atom stereocenters. The van der Waals surface area contributed by atoms with Crippen molar-refractivity contribution in [2.24, 2.45) is 0 Å². The van der Waals surface area contributed by atoms with Gasteiger partial charge >= 0.3 is 197 Å². The van der Waals surface area contributed by atoms with Gasteiger partial charge in [0, 0.05) is 0 Å². The molecule has 0 aliphatic carbocycles. The van der Waals surface area contributed by atoms with E-state index in [0.717, 1.165) is 0 Å². The van der Waals surface area contributed by atoms with Crippen LogP contribution in [0, 0.1) is 0 Å². The Kier molecular flexibility index (Phi) is 35.9. The fraction of sp³-hybridized carbons (Fsp3) is 0. The first-order chi connectivity index (χ1) is 12.0. The van der Waals surface area contributed by atoms with Crippen LogP contribution in [0.25, 0.3) is 0 Å². The predicted octanol–water partition coefficient (Wildman–Crippen LogP) is -7.00. The number of halogens is 6. The zero-order chi connectivity index (χ0) is 27.0. The van der Waals surface area contributed by atoms with Crippen LogP contribution in [0.5, 0.6) is 0 Å². The normalized spacial score (nSPS) is 11.4. The molecule has 0 amide bonds. The van der Waals surface area contributed by atoms with Gasteiger partial charge in [-0.15, -0.1) is 0 Å². The van der Waals surface area contributed by atoms with Crippen molar-refractivity contribution in [1.82, 2.24) is 6.15 Å². The molecule has 19 nitrogen and oxygen atoms in total. The molecule has 0 saturated heterocycles. The summed E-state index contributed by atoms with van der Waals surface area (Å²) in [6.45, 7) is 0. The average Bonchev–Trinajstić information content (AvgIpc) is 1.94. The molecule has 31 heteroatoms. The average molecular weight is 1160 g/mol. The summed E-state index contributed by atoms with van der Waals surface area (Å²) in [5, 5.41) is 0. The summed E-state index contributed by atoms with van der Waals surface area (Å²) in [5.41, 5.74) is 0. The molecule has 0 aliphatic heterocycles. The Morgan fingerprint density at radius 1 is 0.290 bits per heavy atom. The fourth-order valence-corrected chi connectivity index (χ4v) is 0. The molecular weight excluding hydrogens is 1150 g/mol. The van der Waals surface area contributed by atoms with Gasteiger partial charge in [0.15, 0.2) is 0 Å². The van der Waals surface area contributed by atoms with Crippen molar-refractivity contribution in [3.63, 3.8) is 0 Å². The summed E-state index contributed by atoms with van der Waals surface area (Å²) in [5.74, 6) is 0. The van der Waals surface area contributed by atoms with Crippen LogP contribution in [0.15, 0.2) is 0 Å². The first-order valence-electron chi connectivity index (χ1n) is 4.51.